The molecule has 23 heavy (non-hydrogen) atoms. The molecule has 0 aromatic heterocycles. The van der Waals surface area contributed by atoms with E-state index in [-0.39, 0.29) is 18.6 Å². The molecule has 0 aliphatic carbocycles. The zero-order valence-electron chi connectivity index (χ0n) is 13.0. The quantitative estimate of drug-likeness (QED) is 0.333. The van der Waals surface area contributed by atoms with E-state index in [1.165, 1.54) is 0 Å². The summed E-state index contributed by atoms with van der Waals surface area (Å²) >= 11 is 0. The van der Waals surface area contributed by atoms with Crippen LogP contribution in [0.5, 0.6) is 0 Å². The van der Waals surface area contributed by atoms with Crippen molar-refractivity contribution in [1.82, 2.24) is 10.6 Å². The molecule has 3 N–H and O–H groups in total. The van der Waals surface area contributed by atoms with Crippen molar-refractivity contribution in [2.45, 2.75) is 25.5 Å². The van der Waals surface area contributed by atoms with Crippen molar-refractivity contribution in [3.8, 4) is 0 Å². The minimum absolute atomic E-state index is 0.0897. The molecule has 0 fully saturated rings. The predicted molar refractivity (Wildman–Crippen MR) is 87.2 cm³/mol. The monoisotopic (exact) mass is 317 g/mol. The van der Waals surface area contributed by atoms with E-state index in [0.29, 0.717) is 31.5 Å². The van der Waals surface area contributed by atoms with Crippen LogP contribution in [-0.4, -0.2) is 45.7 Å². The summed E-state index contributed by atoms with van der Waals surface area (Å²) in [6.45, 7) is 0.621. The molecule has 122 valence electrons. The summed E-state index contributed by atoms with van der Waals surface area (Å²) in [6.07, 6.45) is 1.94. The molecule has 0 saturated heterocycles. The summed E-state index contributed by atoms with van der Waals surface area (Å²) in [5, 5.41) is 8.30. The summed E-state index contributed by atoms with van der Waals surface area (Å²) in [6, 6.07) is 6.57. The number of likely N-dealkylation sites (N-methyl/N-ethyl adjacent to an activating group) is 1. The van der Waals surface area contributed by atoms with Gasteiger partial charge in [-0.1, -0.05) is 12.1 Å². The summed E-state index contributed by atoms with van der Waals surface area (Å²) in [5.74, 6) is -0.983. The third-order valence-electron chi connectivity index (χ3n) is 3.16. The fraction of sp³-hybridized carbons (Fsp3) is 0.400. The van der Waals surface area contributed by atoms with Crippen LogP contribution in [0.1, 0.15) is 18.4 Å². The van der Waals surface area contributed by atoms with Gasteiger partial charge in [-0.3, -0.25) is 14.4 Å². The lowest BCUT2D eigenvalue weighted by atomic mass is 10.1. The first kappa shape index (κ1) is 18.7. The maximum Gasteiger partial charge on any atom is 0.241 e. The van der Waals surface area contributed by atoms with Crippen LogP contribution < -0.4 is 16.0 Å². The van der Waals surface area contributed by atoms with Crippen LogP contribution >= 0.6 is 0 Å². The van der Waals surface area contributed by atoms with E-state index in [1.807, 2.05) is 0 Å². The Bertz CT molecular complexity index is 522. The lowest BCUT2D eigenvalue weighted by Crippen LogP contribution is -2.38. The van der Waals surface area contributed by atoms with Gasteiger partial charge in [0.1, 0.15) is 6.61 Å². The van der Waals surface area contributed by atoms with Gasteiger partial charge in [-0.15, -0.1) is 0 Å². The van der Waals surface area contributed by atoms with Gasteiger partial charge >= 0.3 is 0 Å². The van der Waals surface area contributed by atoms with E-state index in [0.717, 1.165) is 5.56 Å². The first-order valence-electron chi connectivity index (χ1n) is 7.23. The zero-order valence-corrected chi connectivity index (χ0v) is 13.0. The van der Waals surface area contributed by atoms with Crippen molar-refractivity contribution >= 4 is 31.7 Å². The van der Waals surface area contributed by atoms with Crippen molar-refractivity contribution in [1.29, 1.82) is 0 Å². The third-order valence-corrected chi connectivity index (χ3v) is 3.16. The summed E-state index contributed by atoms with van der Waals surface area (Å²) in [5.41, 5.74) is 1.41. The number of amides is 2. The van der Waals surface area contributed by atoms with Crippen LogP contribution in [0.2, 0.25) is 0 Å². The SMILES string of the molecule is [B]C(=O)OCc1ccc(NC(=O)[C@H](CCCNC=O)NC)cc1. The topological polar surface area (TPSA) is 96.5 Å². The lowest BCUT2D eigenvalue weighted by molar-refractivity contribution is -0.118. The smallest absolute Gasteiger partial charge is 0.241 e. The molecule has 0 bridgehead atoms. The number of rotatable bonds is 10. The second-order valence-corrected chi connectivity index (χ2v) is 4.85. The molecule has 2 radical (unpaired) electrons. The van der Waals surface area contributed by atoms with Crippen LogP contribution in [0.25, 0.3) is 0 Å². The molecular weight excluding hydrogens is 297 g/mol. The Kier molecular flexibility index (Phi) is 8.45. The highest BCUT2D eigenvalue weighted by molar-refractivity contribution is 6.55. The van der Waals surface area contributed by atoms with Crippen molar-refractivity contribution in [3.63, 3.8) is 0 Å². The number of benzene rings is 1. The Morgan fingerprint density at radius 2 is 2.00 bits per heavy atom. The largest absolute Gasteiger partial charge is 0.470 e. The van der Waals surface area contributed by atoms with Crippen molar-refractivity contribution in [2.24, 2.45) is 0 Å². The standard InChI is InChI=1S/C15H20BN3O4/c1-17-13(3-2-8-18-10-20)14(21)19-12-6-4-11(5-7-12)9-23-15(16)22/h4-7,10,13,17H,2-3,8-9H2,1H3,(H,18,20)(H,19,21)/t13-/m0/s1. The lowest BCUT2D eigenvalue weighted by Gasteiger charge is -2.16. The maximum absolute atomic E-state index is 12.2. The Morgan fingerprint density at radius 3 is 2.57 bits per heavy atom. The van der Waals surface area contributed by atoms with E-state index in [2.05, 4.69) is 20.7 Å². The zero-order chi connectivity index (χ0) is 17.1. The summed E-state index contributed by atoms with van der Waals surface area (Å²) < 4.78 is 4.68. The molecular formula is C15H20BN3O4. The summed E-state index contributed by atoms with van der Waals surface area (Å²) in [4.78, 5) is 32.9. The molecule has 0 aliphatic rings. The summed E-state index contributed by atoms with van der Waals surface area (Å²) in [7, 11) is 6.60. The Balaban J connectivity index is 2.47. The predicted octanol–water partition coefficient (Wildman–Crippen LogP) is 0.544. The molecule has 2 amide bonds. The van der Waals surface area contributed by atoms with Gasteiger partial charge in [0.25, 0.3) is 0 Å². The van der Waals surface area contributed by atoms with E-state index in [9.17, 15) is 14.4 Å². The molecule has 1 atom stereocenters. The second kappa shape index (κ2) is 10.4. The average molecular weight is 317 g/mol. The molecule has 7 nitrogen and oxygen atoms in total. The van der Waals surface area contributed by atoms with E-state index in [4.69, 9.17) is 7.85 Å². The number of nitrogens with one attached hydrogen (secondary N) is 3. The highest BCUT2D eigenvalue weighted by atomic mass is 16.5. The Hall–Kier alpha value is -2.35. The Labute approximate surface area is 136 Å². The van der Waals surface area contributed by atoms with Crippen molar-refractivity contribution in [3.05, 3.63) is 29.8 Å². The highest BCUT2D eigenvalue weighted by Gasteiger charge is 2.15. The van der Waals surface area contributed by atoms with Gasteiger partial charge in [0, 0.05) is 12.2 Å². The fourth-order valence-corrected chi connectivity index (χ4v) is 1.94. The van der Waals surface area contributed by atoms with Crippen LogP contribution in [-0.2, 0) is 20.9 Å². The number of carbonyl (C=O) groups excluding carboxylic acids is 3. The molecule has 1 rings (SSSR count). The van der Waals surface area contributed by atoms with E-state index < -0.39 is 5.87 Å². The molecule has 0 heterocycles. The van der Waals surface area contributed by atoms with Crippen LogP contribution in [0.4, 0.5) is 10.5 Å². The van der Waals surface area contributed by atoms with Gasteiger partial charge < -0.3 is 20.7 Å². The molecule has 1 aromatic carbocycles. The molecule has 0 aliphatic heterocycles. The average Bonchev–Trinajstić information content (AvgIpc) is 2.54. The fourth-order valence-electron chi connectivity index (χ4n) is 1.94. The normalized spacial score (nSPS) is 11.3. The first-order valence-corrected chi connectivity index (χ1v) is 7.23. The number of hydrogen-bond acceptors (Lipinski definition) is 5. The van der Waals surface area contributed by atoms with Crippen molar-refractivity contribution in [2.75, 3.05) is 18.9 Å². The number of anilines is 1. The maximum atomic E-state index is 12.2. The van der Waals surface area contributed by atoms with E-state index >= 15 is 0 Å². The Morgan fingerprint density at radius 1 is 1.30 bits per heavy atom. The molecule has 0 saturated carbocycles. The van der Waals surface area contributed by atoms with Crippen molar-refractivity contribution < 1.29 is 19.1 Å². The minimum atomic E-state index is -0.830. The van der Waals surface area contributed by atoms with Gasteiger partial charge in [-0.25, -0.2) is 0 Å². The highest BCUT2D eigenvalue weighted by Crippen LogP contribution is 2.11. The second-order valence-electron chi connectivity index (χ2n) is 4.85. The van der Waals surface area contributed by atoms with Crippen LogP contribution in [0.15, 0.2) is 24.3 Å². The molecule has 0 unspecified atom stereocenters. The number of carbonyl (C=O) groups is 3. The van der Waals surface area contributed by atoms with E-state index in [1.54, 1.807) is 31.3 Å². The number of ether oxygens (including phenoxy) is 1. The van der Waals surface area contributed by atoms with Crippen LogP contribution in [0, 0.1) is 0 Å². The number of hydrogen-bond donors (Lipinski definition) is 3. The molecule has 0 spiro atoms. The van der Waals surface area contributed by atoms with Gasteiger partial charge in [0.15, 0.2) is 0 Å². The van der Waals surface area contributed by atoms with Gasteiger partial charge in [0.05, 0.1) is 6.04 Å². The van der Waals surface area contributed by atoms with Gasteiger partial charge in [-0.05, 0) is 37.6 Å². The molecule has 8 heteroatoms. The minimum Gasteiger partial charge on any atom is -0.470 e. The first-order chi connectivity index (χ1) is 11.1. The van der Waals surface area contributed by atoms with Gasteiger partial charge in [0.2, 0.25) is 26.0 Å². The van der Waals surface area contributed by atoms with Crippen LogP contribution in [0.3, 0.4) is 0 Å². The third kappa shape index (κ3) is 7.46. The molecule has 1 aromatic rings. The van der Waals surface area contributed by atoms with Gasteiger partial charge in [-0.2, -0.15) is 0 Å².